The summed E-state index contributed by atoms with van der Waals surface area (Å²) in [5.74, 6) is -0.780. The number of benzene rings is 2. The molecule has 1 N–H and O–H groups in total. The first-order chi connectivity index (χ1) is 15.8. The minimum absolute atomic E-state index is 0.0485. The van der Waals surface area contributed by atoms with Gasteiger partial charge in [-0.2, -0.15) is 0 Å². The number of halogens is 1. The number of nitrogens with zero attached hydrogens (tertiary/aromatic N) is 2. The SMILES string of the molecule is CC[C@H](C)NC(=O)[C@H](C)N(Cc1ccccc1C)C(=O)CN(c1ccc(C)c(Cl)c1)S(C)(=O)=O. The quantitative estimate of drug-likeness (QED) is 0.525. The molecule has 0 aliphatic heterocycles. The zero-order valence-electron chi connectivity index (χ0n) is 20.6. The number of rotatable bonds is 10. The van der Waals surface area contributed by atoms with Crippen molar-refractivity contribution in [2.75, 3.05) is 17.1 Å². The summed E-state index contributed by atoms with van der Waals surface area (Å²) < 4.78 is 26.3. The summed E-state index contributed by atoms with van der Waals surface area (Å²) in [5, 5.41) is 3.31. The molecule has 0 aromatic heterocycles. The third-order valence-corrected chi connectivity index (χ3v) is 7.44. The molecule has 9 heteroatoms. The highest BCUT2D eigenvalue weighted by Crippen LogP contribution is 2.25. The first-order valence-electron chi connectivity index (χ1n) is 11.2. The molecule has 2 atom stereocenters. The van der Waals surface area contributed by atoms with Crippen LogP contribution < -0.4 is 9.62 Å². The number of nitrogens with one attached hydrogen (secondary N) is 1. The summed E-state index contributed by atoms with van der Waals surface area (Å²) in [6.07, 6.45) is 1.79. The predicted molar refractivity (Wildman–Crippen MR) is 137 cm³/mol. The number of anilines is 1. The molecule has 0 radical (unpaired) electrons. The molecule has 0 fully saturated rings. The van der Waals surface area contributed by atoms with Crippen molar-refractivity contribution in [3.05, 3.63) is 64.2 Å². The lowest BCUT2D eigenvalue weighted by atomic mass is 10.1. The van der Waals surface area contributed by atoms with Gasteiger partial charge in [-0.3, -0.25) is 13.9 Å². The highest BCUT2D eigenvalue weighted by Gasteiger charge is 2.30. The van der Waals surface area contributed by atoms with Crippen LogP contribution in [-0.2, 0) is 26.2 Å². The molecular weight excluding hydrogens is 474 g/mol. The number of sulfonamides is 1. The zero-order valence-corrected chi connectivity index (χ0v) is 22.2. The average molecular weight is 508 g/mol. The lowest BCUT2D eigenvalue weighted by Crippen LogP contribution is -2.52. The van der Waals surface area contributed by atoms with Crippen molar-refractivity contribution in [1.82, 2.24) is 10.2 Å². The van der Waals surface area contributed by atoms with E-state index in [9.17, 15) is 18.0 Å². The number of amides is 2. The van der Waals surface area contributed by atoms with E-state index in [4.69, 9.17) is 11.6 Å². The van der Waals surface area contributed by atoms with Gasteiger partial charge in [0, 0.05) is 17.6 Å². The van der Waals surface area contributed by atoms with E-state index in [0.717, 1.165) is 33.7 Å². The number of carbonyl (C=O) groups excluding carboxylic acids is 2. The average Bonchev–Trinajstić information content (AvgIpc) is 2.77. The molecule has 0 aliphatic rings. The van der Waals surface area contributed by atoms with E-state index in [-0.39, 0.29) is 18.5 Å². The van der Waals surface area contributed by atoms with Gasteiger partial charge in [0.05, 0.1) is 11.9 Å². The van der Waals surface area contributed by atoms with Crippen LogP contribution in [0.15, 0.2) is 42.5 Å². The summed E-state index contributed by atoms with van der Waals surface area (Å²) in [6, 6.07) is 11.6. The fourth-order valence-electron chi connectivity index (χ4n) is 3.37. The molecule has 2 amide bonds. The largest absolute Gasteiger partial charge is 0.352 e. The second-order valence-electron chi connectivity index (χ2n) is 8.65. The maximum Gasteiger partial charge on any atom is 0.244 e. The highest BCUT2D eigenvalue weighted by molar-refractivity contribution is 7.92. The Labute approximate surface area is 208 Å². The maximum atomic E-state index is 13.5. The first-order valence-corrected chi connectivity index (χ1v) is 13.5. The molecule has 0 saturated carbocycles. The van der Waals surface area contributed by atoms with Crippen LogP contribution in [0.3, 0.4) is 0 Å². The second-order valence-corrected chi connectivity index (χ2v) is 11.0. The van der Waals surface area contributed by atoms with Crippen LogP contribution in [0.4, 0.5) is 5.69 Å². The Morgan fingerprint density at radius 1 is 1.06 bits per heavy atom. The van der Waals surface area contributed by atoms with E-state index in [1.807, 2.05) is 52.0 Å². The van der Waals surface area contributed by atoms with Gasteiger partial charge in [0.25, 0.3) is 0 Å². The van der Waals surface area contributed by atoms with E-state index in [1.54, 1.807) is 19.1 Å². The minimum atomic E-state index is -3.80. The maximum absolute atomic E-state index is 13.5. The van der Waals surface area contributed by atoms with Gasteiger partial charge >= 0.3 is 0 Å². The van der Waals surface area contributed by atoms with E-state index in [1.165, 1.54) is 11.0 Å². The Bertz CT molecular complexity index is 1140. The third kappa shape index (κ3) is 7.21. The van der Waals surface area contributed by atoms with Crippen molar-refractivity contribution in [2.24, 2.45) is 0 Å². The lowest BCUT2D eigenvalue weighted by molar-refractivity contribution is -0.139. The van der Waals surface area contributed by atoms with Crippen LogP contribution in [0, 0.1) is 13.8 Å². The van der Waals surface area contributed by atoms with Crippen LogP contribution >= 0.6 is 11.6 Å². The Morgan fingerprint density at radius 2 is 1.71 bits per heavy atom. The summed E-state index contributed by atoms with van der Waals surface area (Å²) >= 11 is 6.22. The van der Waals surface area contributed by atoms with Gasteiger partial charge in [-0.25, -0.2) is 8.42 Å². The minimum Gasteiger partial charge on any atom is -0.352 e. The van der Waals surface area contributed by atoms with Crippen molar-refractivity contribution in [2.45, 2.75) is 59.7 Å². The van der Waals surface area contributed by atoms with Crippen molar-refractivity contribution in [3.8, 4) is 0 Å². The molecule has 0 spiro atoms. The number of hydrogen-bond acceptors (Lipinski definition) is 4. The molecule has 0 heterocycles. The van der Waals surface area contributed by atoms with Crippen LogP contribution in [0.5, 0.6) is 0 Å². The van der Waals surface area contributed by atoms with Crippen molar-refractivity contribution < 1.29 is 18.0 Å². The molecule has 2 aromatic carbocycles. The smallest absolute Gasteiger partial charge is 0.244 e. The van der Waals surface area contributed by atoms with E-state index >= 15 is 0 Å². The fourth-order valence-corrected chi connectivity index (χ4v) is 4.39. The zero-order chi connectivity index (χ0) is 25.6. The predicted octanol–water partition coefficient (Wildman–Crippen LogP) is 4.05. The van der Waals surface area contributed by atoms with Gasteiger partial charge in [0.1, 0.15) is 12.6 Å². The molecule has 2 rings (SSSR count). The monoisotopic (exact) mass is 507 g/mol. The Morgan fingerprint density at radius 3 is 2.26 bits per heavy atom. The fraction of sp³-hybridized carbons (Fsp3) is 0.440. The molecule has 0 unspecified atom stereocenters. The number of aryl methyl sites for hydroxylation is 2. The number of carbonyl (C=O) groups is 2. The van der Waals surface area contributed by atoms with E-state index in [2.05, 4.69) is 5.32 Å². The molecule has 0 saturated heterocycles. The molecule has 34 heavy (non-hydrogen) atoms. The van der Waals surface area contributed by atoms with Gasteiger partial charge < -0.3 is 10.2 Å². The molecule has 7 nitrogen and oxygen atoms in total. The third-order valence-electron chi connectivity index (χ3n) is 5.89. The molecule has 2 aromatic rings. The summed E-state index contributed by atoms with van der Waals surface area (Å²) in [4.78, 5) is 27.9. The first kappa shape index (κ1) is 27.7. The Kier molecular flexibility index (Phi) is 9.53. The van der Waals surface area contributed by atoms with Crippen molar-refractivity contribution in [1.29, 1.82) is 0 Å². The number of hydrogen-bond donors (Lipinski definition) is 1. The van der Waals surface area contributed by atoms with Crippen LogP contribution in [-0.4, -0.2) is 50.0 Å². The molecule has 186 valence electrons. The van der Waals surface area contributed by atoms with Gasteiger partial charge in [-0.1, -0.05) is 48.9 Å². The van der Waals surface area contributed by atoms with Gasteiger partial charge in [0.2, 0.25) is 21.8 Å². The van der Waals surface area contributed by atoms with Crippen LogP contribution in [0.1, 0.15) is 43.9 Å². The molecular formula is C25H34ClN3O4S. The summed E-state index contributed by atoms with van der Waals surface area (Å²) in [6.45, 7) is 8.97. The van der Waals surface area contributed by atoms with Gasteiger partial charge in [-0.05, 0) is 62.9 Å². The van der Waals surface area contributed by atoms with E-state index in [0.29, 0.717) is 10.7 Å². The summed E-state index contributed by atoms with van der Waals surface area (Å²) in [5.41, 5.74) is 2.93. The van der Waals surface area contributed by atoms with Crippen LogP contribution in [0.2, 0.25) is 5.02 Å². The standard InChI is InChI=1S/C25H34ClN3O4S/c1-7-19(4)27-25(31)20(5)28(15-21-11-9-8-10-17(21)2)24(30)16-29(34(6,32)33)22-13-12-18(3)23(26)14-22/h8-14,19-20H,7,15-16H2,1-6H3,(H,27,31)/t19-,20-/m0/s1. The molecule has 0 aliphatic carbocycles. The van der Waals surface area contributed by atoms with Gasteiger partial charge in [-0.15, -0.1) is 0 Å². The lowest BCUT2D eigenvalue weighted by Gasteiger charge is -2.32. The van der Waals surface area contributed by atoms with Crippen LogP contribution in [0.25, 0.3) is 0 Å². The normalized spacial score (nSPS) is 13.1. The topological polar surface area (TPSA) is 86.8 Å². The summed E-state index contributed by atoms with van der Waals surface area (Å²) in [7, 11) is -3.80. The van der Waals surface area contributed by atoms with Crippen molar-refractivity contribution in [3.63, 3.8) is 0 Å². The Hall–Kier alpha value is -2.58. The van der Waals surface area contributed by atoms with Crippen molar-refractivity contribution >= 4 is 39.1 Å². The molecule has 0 bridgehead atoms. The van der Waals surface area contributed by atoms with Gasteiger partial charge in [0.15, 0.2) is 0 Å². The Balaban J connectivity index is 2.42. The highest BCUT2D eigenvalue weighted by atomic mass is 35.5. The second kappa shape index (κ2) is 11.7. The van der Waals surface area contributed by atoms with E-state index < -0.39 is 28.5 Å².